The molecule has 1 saturated heterocycles. The monoisotopic (exact) mass is 474 g/mol. The first-order valence-electron chi connectivity index (χ1n) is 10.2. The minimum Gasteiger partial charge on any atom is -0.507 e. The number of aromatic amines is 1. The molecule has 3 aromatic rings. The quantitative estimate of drug-likeness (QED) is 0.511. The van der Waals surface area contributed by atoms with Gasteiger partial charge in [0.15, 0.2) is 0 Å². The number of carbonyl (C=O) groups is 1. The van der Waals surface area contributed by atoms with E-state index in [-0.39, 0.29) is 22.4 Å². The Labute approximate surface area is 191 Å². The SMILES string of the molecule is CC1CCCCN1S(=O)(=O)c1ccc(NC(=O)c2cc(-c3cc(Cl)ccc3O)n[nH]2)cc1. The molecule has 1 aromatic heterocycles. The second-order valence-electron chi connectivity index (χ2n) is 7.77. The molecule has 1 fully saturated rings. The van der Waals surface area contributed by atoms with Crippen molar-refractivity contribution in [2.24, 2.45) is 0 Å². The second kappa shape index (κ2) is 8.93. The third-order valence-electron chi connectivity index (χ3n) is 5.52. The predicted octanol–water partition coefficient (Wildman–Crippen LogP) is 4.25. The van der Waals surface area contributed by atoms with Crippen LogP contribution in [0.15, 0.2) is 53.4 Å². The van der Waals surface area contributed by atoms with Crippen molar-refractivity contribution in [3.63, 3.8) is 0 Å². The van der Waals surface area contributed by atoms with Gasteiger partial charge in [-0.05, 0) is 68.3 Å². The molecular weight excluding hydrogens is 452 g/mol. The van der Waals surface area contributed by atoms with E-state index in [2.05, 4.69) is 15.5 Å². The van der Waals surface area contributed by atoms with Crippen molar-refractivity contribution in [3.8, 4) is 17.0 Å². The molecule has 32 heavy (non-hydrogen) atoms. The molecule has 1 amide bonds. The lowest BCUT2D eigenvalue weighted by atomic mass is 10.1. The van der Waals surface area contributed by atoms with Crippen LogP contribution in [-0.2, 0) is 10.0 Å². The molecule has 0 aliphatic carbocycles. The van der Waals surface area contributed by atoms with E-state index in [0.29, 0.717) is 28.5 Å². The number of hydrogen-bond donors (Lipinski definition) is 3. The van der Waals surface area contributed by atoms with E-state index >= 15 is 0 Å². The number of sulfonamides is 1. The summed E-state index contributed by atoms with van der Waals surface area (Å²) >= 11 is 5.97. The molecule has 3 N–H and O–H groups in total. The van der Waals surface area contributed by atoms with E-state index in [4.69, 9.17) is 11.6 Å². The van der Waals surface area contributed by atoms with Crippen molar-refractivity contribution in [1.29, 1.82) is 0 Å². The summed E-state index contributed by atoms with van der Waals surface area (Å²) in [5.41, 5.74) is 1.39. The van der Waals surface area contributed by atoms with Crippen LogP contribution in [-0.4, -0.2) is 46.5 Å². The number of nitrogens with one attached hydrogen (secondary N) is 2. The number of carbonyl (C=O) groups excluding carboxylic acids is 1. The summed E-state index contributed by atoms with van der Waals surface area (Å²) in [7, 11) is -3.57. The molecule has 1 atom stereocenters. The highest BCUT2D eigenvalue weighted by Crippen LogP contribution is 2.31. The first-order valence-corrected chi connectivity index (χ1v) is 12.0. The smallest absolute Gasteiger partial charge is 0.273 e. The summed E-state index contributed by atoms with van der Waals surface area (Å²) in [6.45, 7) is 2.44. The highest BCUT2D eigenvalue weighted by molar-refractivity contribution is 7.89. The van der Waals surface area contributed by atoms with Crippen LogP contribution in [0, 0.1) is 0 Å². The Morgan fingerprint density at radius 2 is 1.94 bits per heavy atom. The van der Waals surface area contributed by atoms with Crippen LogP contribution in [0.4, 0.5) is 5.69 Å². The van der Waals surface area contributed by atoms with Gasteiger partial charge in [0.25, 0.3) is 5.91 Å². The molecule has 1 unspecified atom stereocenters. The number of halogens is 1. The van der Waals surface area contributed by atoms with Crippen LogP contribution in [0.5, 0.6) is 5.75 Å². The van der Waals surface area contributed by atoms with Crippen molar-refractivity contribution < 1.29 is 18.3 Å². The van der Waals surface area contributed by atoms with E-state index in [1.54, 1.807) is 28.6 Å². The van der Waals surface area contributed by atoms with Gasteiger partial charge in [-0.15, -0.1) is 0 Å². The van der Waals surface area contributed by atoms with Crippen molar-refractivity contribution in [2.45, 2.75) is 37.1 Å². The Kier molecular flexibility index (Phi) is 6.23. The Bertz CT molecular complexity index is 1240. The van der Waals surface area contributed by atoms with Crippen LogP contribution >= 0.6 is 11.6 Å². The Morgan fingerprint density at radius 3 is 2.66 bits per heavy atom. The predicted molar refractivity (Wildman–Crippen MR) is 122 cm³/mol. The highest BCUT2D eigenvalue weighted by atomic mass is 35.5. The fraction of sp³-hybridized carbons (Fsp3) is 0.273. The molecule has 0 radical (unpaired) electrons. The molecule has 0 bridgehead atoms. The van der Waals surface area contributed by atoms with Gasteiger partial charge in [-0.3, -0.25) is 9.89 Å². The fourth-order valence-corrected chi connectivity index (χ4v) is 5.63. The van der Waals surface area contributed by atoms with Crippen molar-refractivity contribution in [1.82, 2.24) is 14.5 Å². The number of aromatic nitrogens is 2. The van der Waals surface area contributed by atoms with Gasteiger partial charge in [0.2, 0.25) is 10.0 Å². The highest BCUT2D eigenvalue weighted by Gasteiger charge is 2.30. The number of piperidine rings is 1. The van der Waals surface area contributed by atoms with Crippen LogP contribution in [0.2, 0.25) is 5.02 Å². The Morgan fingerprint density at radius 1 is 1.19 bits per heavy atom. The number of anilines is 1. The average molecular weight is 475 g/mol. The van der Waals surface area contributed by atoms with E-state index in [9.17, 15) is 18.3 Å². The van der Waals surface area contributed by atoms with Crippen LogP contribution in [0.1, 0.15) is 36.7 Å². The van der Waals surface area contributed by atoms with Crippen LogP contribution < -0.4 is 5.32 Å². The summed E-state index contributed by atoms with van der Waals surface area (Å²) in [5.74, 6) is -0.460. The first-order chi connectivity index (χ1) is 15.3. The normalized spacial score (nSPS) is 17.2. The van der Waals surface area contributed by atoms with Crippen LogP contribution in [0.25, 0.3) is 11.3 Å². The maximum atomic E-state index is 12.9. The summed E-state index contributed by atoms with van der Waals surface area (Å²) < 4.78 is 27.4. The molecule has 0 spiro atoms. The van der Waals surface area contributed by atoms with E-state index < -0.39 is 15.9 Å². The van der Waals surface area contributed by atoms with Gasteiger partial charge in [-0.2, -0.15) is 9.40 Å². The molecule has 8 nitrogen and oxygen atoms in total. The number of benzene rings is 2. The second-order valence-corrected chi connectivity index (χ2v) is 10.1. The van der Waals surface area contributed by atoms with Gasteiger partial charge in [-0.1, -0.05) is 18.0 Å². The lowest BCUT2D eigenvalue weighted by molar-refractivity contribution is 0.102. The number of rotatable bonds is 5. The molecule has 168 valence electrons. The third kappa shape index (κ3) is 4.50. The molecule has 2 aromatic carbocycles. The number of amides is 1. The average Bonchev–Trinajstić information content (AvgIpc) is 3.26. The van der Waals surface area contributed by atoms with E-state index in [1.807, 2.05) is 6.92 Å². The fourth-order valence-electron chi connectivity index (χ4n) is 3.76. The minimum absolute atomic E-state index is 0.00678. The van der Waals surface area contributed by atoms with Gasteiger partial charge in [0.1, 0.15) is 11.4 Å². The molecule has 1 aliphatic heterocycles. The summed E-state index contributed by atoms with van der Waals surface area (Å²) in [6.07, 6.45) is 2.74. The summed E-state index contributed by atoms with van der Waals surface area (Å²) in [5, 5.41) is 19.9. The molecule has 2 heterocycles. The number of nitrogens with zero attached hydrogens (tertiary/aromatic N) is 2. The molecule has 4 rings (SSSR count). The molecule has 0 saturated carbocycles. The topological polar surface area (TPSA) is 115 Å². The largest absolute Gasteiger partial charge is 0.507 e. The molecule has 1 aliphatic rings. The van der Waals surface area contributed by atoms with Gasteiger partial charge >= 0.3 is 0 Å². The summed E-state index contributed by atoms with van der Waals surface area (Å²) in [6, 6.07) is 12.1. The first kappa shape index (κ1) is 22.3. The van der Waals surface area contributed by atoms with Crippen LogP contribution in [0.3, 0.4) is 0 Å². The number of phenols is 1. The maximum absolute atomic E-state index is 12.9. The summed E-state index contributed by atoms with van der Waals surface area (Å²) in [4.78, 5) is 12.8. The van der Waals surface area contributed by atoms with E-state index in [0.717, 1.165) is 19.3 Å². The van der Waals surface area contributed by atoms with Crippen molar-refractivity contribution >= 4 is 33.2 Å². The zero-order chi connectivity index (χ0) is 22.9. The van der Waals surface area contributed by atoms with Gasteiger partial charge in [0.05, 0.1) is 10.6 Å². The molecular formula is C22H23ClN4O4S. The standard InChI is InChI=1S/C22H23ClN4O4S/c1-14-4-2-3-11-27(14)32(30,31)17-8-6-16(7-9-17)24-22(29)20-13-19(25-26-20)18-12-15(23)5-10-21(18)28/h5-10,12-14,28H,2-4,11H2,1H3,(H,24,29)(H,25,26). The van der Waals surface area contributed by atoms with Crippen molar-refractivity contribution in [3.05, 3.63) is 59.2 Å². The number of H-pyrrole nitrogens is 1. The van der Waals surface area contributed by atoms with Crippen molar-refractivity contribution in [2.75, 3.05) is 11.9 Å². The number of phenolic OH excluding ortho intramolecular Hbond substituents is 1. The maximum Gasteiger partial charge on any atom is 0.273 e. The van der Waals surface area contributed by atoms with Gasteiger partial charge in [0, 0.05) is 28.9 Å². The zero-order valence-corrected chi connectivity index (χ0v) is 18.9. The van der Waals surface area contributed by atoms with Gasteiger partial charge in [-0.25, -0.2) is 8.42 Å². The lowest BCUT2D eigenvalue weighted by Gasteiger charge is -2.32. The molecule has 10 heteroatoms. The Hall–Kier alpha value is -2.88. The number of aromatic hydroxyl groups is 1. The Balaban J connectivity index is 1.48. The van der Waals surface area contributed by atoms with Gasteiger partial charge < -0.3 is 10.4 Å². The zero-order valence-electron chi connectivity index (χ0n) is 17.4. The lowest BCUT2D eigenvalue weighted by Crippen LogP contribution is -2.41. The minimum atomic E-state index is -3.57. The van der Waals surface area contributed by atoms with E-state index in [1.165, 1.54) is 24.3 Å². The third-order valence-corrected chi connectivity index (χ3v) is 7.78. The number of hydrogen-bond acceptors (Lipinski definition) is 5.